The lowest BCUT2D eigenvalue weighted by Crippen LogP contribution is -2.48. The van der Waals surface area contributed by atoms with Gasteiger partial charge in [0.05, 0.1) is 12.8 Å². The molecule has 0 spiro atoms. The topological polar surface area (TPSA) is 75.9 Å². The molecule has 0 unspecified atom stereocenters. The number of aryl methyl sites for hydroxylation is 1. The highest BCUT2D eigenvalue weighted by Crippen LogP contribution is 2.33. The van der Waals surface area contributed by atoms with E-state index in [-0.39, 0.29) is 4.90 Å². The van der Waals surface area contributed by atoms with Gasteiger partial charge in [-0.2, -0.15) is 4.31 Å². The molecule has 0 amide bonds. The Kier molecular flexibility index (Phi) is 5.94. The molecule has 29 heavy (non-hydrogen) atoms. The summed E-state index contributed by atoms with van der Waals surface area (Å²) in [6, 6.07) is 7.37. The number of aromatic nitrogens is 1. The number of piperidine rings is 2. The van der Waals surface area contributed by atoms with Gasteiger partial charge >= 0.3 is 0 Å². The van der Waals surface area contributed by atoms with Crippen LogP contribution in [-0.2, 0) is 10.0 Å². The zero-order chi connectivity index (χ0) is 20.4. The lowest BCUT2D eigenvalue weighted by Gasteiger charge is -2.39. The second kappa shape index (κ2) is 8.45. The minimum absolute atomic E-state index is 0.205. The molecule has 2 aliphatic rings. The van der Waals surface area contributed by atoms with Crippen LogP contribution in [0.2, 0.25) is 0 Å². The predicted molar refractivity (Wildman–Crippen MR) is 110 cm³/mol. The first-order valence-corrected chi connectivity index (χ1v) is 11.8. The zero-order valence-corrected chi connectivity index (χ0v) is 18.0. The van der Waals surface area contributed by atoms with E-state index in [2.05, 4.69) is 10.1 Å². The summed E-state index contributed by atoms with van der Waals surface area (Å²) < 4.78 is 38.9. The first-order chi connectivity index (χ1) is 14.0. The molecule has 0 atom stereocenters. The molecule has 158 valence electrons. The maximum Gasteiger partial charge on any atom is 0.246 e. The van der Waals surface area contributed by atoms with E-state index in [1.54, 1.807) is 22.5 Å². The molecule has 2 aliphatic heterocycles. The highest BCUT2D eigenvalue weighted by Gasteiger charge is 2.33. The van der Waals surface area contributed by atoms with Crippen LogP contribution in [0, 0.1) is 6.92 Å². The van der Waals surface area contributed by atoms with Crippen molar-refractivity contribution in [3.8, 4) is 17.1 Å². The Bertz CT molecular complexity index is 943. The lowest BCUT2D eigenvalue weighted by molar-refractivity contribution is 0.117. The molecule has 7 nitrogen and oxygen atoms in total. The van der Waals surface area contributed by atoms with Gasteiger partial charge in [0.2, 0.25) is 10.0 Å². The number of nitrogens with zero attached hydrogens (tertiary/aromatic N) is 3. The Morgan fingerprint density at radius 2 is 1.79 bits per heavy atom. The van der Waals surface area contributed by atoms with E-state index in [4.69, 9.17) is 9.26 Å². The molecule has 1 aromatic heterocycles. The van der Waals surface area contributed by atoms with Crippen molar-refractivity contribution >= 4 is 10.0 Å². The number of ether oxygens (including phenoxy) is 1. The van der Waals surface area contributed by atoms with Crippen LogP contribution in [0.3, 0.4) is 0 Å². The molecular weight excluding hydrogens is 390 g/mol. The first-order valence-electron chi connectivity index (χ1n) is 10.3. The van der Waals surface area contributed by atoms with E-state index in [9.17, 15) is 8.42 Å². The fourth-order valence-electron chi connectivity index (χ4n) is 4.40. The molecule has 4 rings (SSSR count). The van der Waals surface area contributed by atoms with Crippen molar-refractivity contribution in [2.24, 2.45) is 0 Å². The third kappa shape index (κ3) is 4.20. The summed E-state index contributed by atoms with van der Waals surface area (Å²) in [5.74, 6) is 0.918. The molecule has 0 aliphatic carbocycles. The molecule has 8 heteroatoms. The van der Waals surface area contributed by atoms with Crippen LogP contribution in [0.4, 0.5) is 0 Å². The molecule has 2 saturated heterocycles. The van der Waals surface area contributed by atoms with Crippen LogP contribution < -0.4 is 4.74 Å². The van der Waals surface area contributed by atoms with Crippen LogP contribution in [0.5, 0.6) is 5.75 Å². The number of likely N-dealkylation sites (tertiary alicyclic amines) is 1. The highest BCUT2D eigenvalue weighted by molar-refractivity contribution is 7.89. The highest BCUT2D eigenvalue weighted by atomic mass is 32.2. The average Bonchev–Trinajstić information content (AvgIpc) is 3.20. The summed E-state index contributed by atoms with van der Waals surface area (Å²) in [7, 11) is -2.12. The Morgan fingerprint density at radius 3 is 2.41 bits per heavy atom. The van der Waals surface area contributed by atoms with Gasteiger partial charge in [0, 0.05) is 30.8 Å². The number of methoxy groups -OCH3 is 1. The molecule has 0 bridgehead atoms. The van der Waals surface area contributed by atoms with Gasteiger partial charge in [-0.05, 0) is 63.9 Å². The van der Waals surface area contributed by atoms with E-state index in [0.29, 0.717) is 30.6 Å². The van der Waals surface area contributed by atoms with Gasteiger partial charge in [0.25, 0.3) is 0 Å². The Labute approximate surface area is 172 Å². The van der Waals surface area contributed by atoms with Gasteiger partial charge in [-0.3, -0.25) is 0 Å². The number of benzene rings is 1. The van der Waals surface area contributed by atoms with Gasteiger partial charge in [0.15, 0.2) is 5.76 Å². The standard InChI is InChI=1S/C21H29N3O4S/c1-16-14-19(28-22-16)17-6-7-21(20(15-17)27-2)29(25,26)24-12-8-18(9-13-24)23-10-4-3-5-11-23/h6-7,14-15,18H,3-5,8-13H2,1-2H3. The molecule has 1 aromatic carbocycles. The van der Waals surface area contributed by atoms with Crippen molar-refractivity contribution in [3.05, 3.63) is 30.0 Å². The normalized spacial score (nSPS) is 20.1. The van der Waals surface area contributed by atoms with Crippen molar-refractivity contribution < 1.29 is 17.7 Å². The first kappa shape index (κ1) is 20.4. The van der Waals surface area contributed by atoms with Crippen molar-refractivity contribution in [1.29, 1.82) is 0 Å². The summed E-state index contributed by atoms with van der Waals surface area (Å²) in [6.07, 6.45) is 5.60. The summed E-state index contributed by atoms with van der Waals surface area (Å²) >= 11 is 0. The predicted octanol–water partition coefficient (Wildman–Crippen LogP) is 3.30. The number of hydrogen-bond acceptors (Lipinski definition) is 6. The van der Waals surface area contributed by atoms with Crippen LogP contribution in [0.25, 0.3) is 11.3 Å². The smallest absolute Gasteiger partial charge is 0.246 e. The Hall–Kier alpha value is -1.90. The minimum Gasteiger partial charge on any atom is -0.495 e. The van der Waals surface area contributed by atoms with Crippen molar-refractivity contribution in [2.45, 2.75) is 50.0 Å². The van der Waals surface area contributed by atoms with Crippen molar-refractivity contribution in [1.82, 2.24) is 14.4 Å². The Balaban J connectivity index is 1.51. The third-order valence-corrected chi connectivity index (χ3v) is 7.96. The second-order valence-electron chi connectivity index (χ2n) is 7.93. The SMILES string of the molecule is COc1cc(-c2cc(C)no2)ccc1S(=O)(=O)N1CCC(N2CCCCC2)CC1. The quantitative estimate of drug-likeness (QED) is 0.740. The van der Waals surface area contributed by atoms with Gasteiger partial charge in [-0.1, -0.05) is 11.6 Å². The molecule has 2 fully saturated rings. The van der Waals surface area contributed by atoms with Crippen molar-refractivity contribution in [3.63, 3.8) is 0 Å². The van der Waals surface area contributed by atoms with Crippen LogP contribution >= 0.6 is 0 Å². The molecule has 0 saturated carbocycles. The van der Waals surface area contributed by atoms with Gasteiger partial charge in [-0.25, -0.2) is 8.42 Å². The summed E-state index contributed by atoms with van der Waals surface area (Å²) in [6.45, 7) is 5.24. The third-order valence-electron chi connectivity index (χ3n) is 6.02. The van der Waals surface area contributed by atoms with Crippen LogP contribution in [-0.4, -0.2) is 62.1 Å². The molecule has 0 radical (unpaired) electrons. The maximum absolute atomic E-state index is 13.3. The van der Waals surface area contributed by atoms with E-state index >= 15 is 0 Å². The lowest BCUT2D eigenvalue weighted by atomic mass is 10.0. The average molecular weight is 420 g/mol. The van der Waals surface area contributed by atoms with Gasteiger partial charge in [0.1, 0.15) is 10.6 Å². The fraction of sp³-hybridized carbons (Fsp3) is 0.571. The van der Waals surface area contributed by atoms with E-state index in [0.717, 1.165) is 37.2 Å². The number of sulfonamides is 1. The molecule has 3 heterocycles. The summed E-state index contributed by atoms with van der Waals surface area (Å²) in [4.78, 5) is 2.75. The van der Waals surface area contributed by atoms with E-state index in [1.807, 2.05) is 13.0 Å². The van der Waals surface area contributed by atoms with Crippen LogP contribution in [0.15, 0.2) is 33.7 Å². The van der Waals surface area contributed by atoms with Gasteiger partial charge < -0.3 is 14.2 Å². The molecule has 0 N–H and O–H groups in total. The van der Waals surface area contributed by atoms with E-state index in [1.165, 1.54) is 26.4 Å². The second-order valence-corrected chi connectivity index (χ2v) is 9.84. The Morgan fingerprint density at radius 1 is 1.07 bits per heavy atom. The van der Waals surface area contributed by atoms with Crippen molar-refractivity contribution in [2.75, 3.05) is 33.3 Å². The fourth-order valence-corrected chi connectivity index (χ4v) is 6.01. The van der Waals surface area contributed by atoms with Gasteiger partial charge in [-0.15, -0.1) is 0 Å². The minimum atomic E-state index is -3.61. The summed E-state index contributed by atoms with van der Waals surface area (Å²) in [5, 5.41) is 3.89. The largest absolute Gasteiger partial charge is 0.495 e. The summed E-state index contributed by atoms with van der Waals surface area (Å²) in [5.41, 5.74) is 1.51. The zero-order valence-electron chi connectivity index (χ0n) is 17.1. The van der Waals surface area contributed by atoms with E-state index < -0.39 is 10.0 Å². The monoisotopic (exact) mass is 419 g/mol. The van der Waals surface area contributed by atoms with Crippen LogP contribution in [0.1, 0.15) is 37.8 Å². The molecule has 2 aromatic rings. The number of hydrogen-bond donors (Lipinski definition) is 0. The molecular formula is C21H29N3O4S. The maximum atomic E-state index is 13.3. The number of rotatable bonds is 5.